The van der Waals surface area contributed by atoms with Crippen LogP contribution in [0.15, 0.2) is 12.4 Å². The normalized spacial score (nSPS) is 19.4. The minimum atomic E-state index is 0.0546. The summed E-state index contributed by atoms with van der Waals surface area (Å²) >= 11 is 0. The van der Waals surface area contributed by atoms with E-state index in [0.717, 1.165) is 24.4 Å². The van der Waals surface area contributed by atoms with Gasteiger partial charge in [0.15, 0.2) is 0 Å². The first-order chi connectivity index (χ1) is 7.74. The van der Waals surface area contributed by atoms with E-state index in [2.05, 4.69) is 15.3 Å². The lowest BCUT2D eigenvalue weighted by atomic mass is 9.81. The maximum atomic E-state index is 5.92. The van der Waals surface area contributed by atoms with E-state index in [4.69, 9.17) is 5.73 Å². The molecular formula is C12H20N4. The fraction of sp³-hybridized carbons (Fsp3) is 0.667. The Morgan fingerprint density at radius 2 is 2.06 bits per heavy atom. The first kappa shape index (κ1) is 11.3. The lowest BCUT2D eigenvalue weighted by Crippen LogP contribution is -2.47. The molecule has 4 heteroatoms. The second kappa shape index (κ2) is 4.78. The molecule has 0 unspecified atom stereocenters. The molecule has 1 aliphatic rings. The van der Waals surface area contributed by atoms with Gasteiger partial charge >= 0.3 is 0 Å². The van der Waals surface area contributed by atoms with Gasteiger partial charge in [-0.3, -0.25) is 0 Å². The van der Waals surface area contributed by atoms with Gasteiger partial charge in [-0.05, 0) is 19.8 Å². The second-order valence-corrected chi connectivity index (χ2v) is 4.71. The van der Waals surface area contributed by atoms with Crippen LogP contribution in [0.25, 0.3) is 0 Å². The largest absolute Gasteiger partial charge is 0.363 e. The molecule has 16 heavy (non-hydrogen) atoms. The molecule has 0 aliphatic heterocycles. The Morgan fingerprint density at radius 1 is 1.31 bits per heavy atom. The topological polar surface area (TPSA) is 63.8 Å². The van der Waals surface area contributed by atoms with Gasteiger partial charge in [-0.15, -0.1) is 0 Å². The van der Waals surface area contributed by atoms with Crippen LogP contribution < -0.4 is 11.1 Å². The summed E-state index contributed by atoms with van der Waals surface area (Å²) in [5.74, 6) is 0.903. The Kier molecular flexibility index (Phi) is 3.39. The van der Waals surface area contributed by atoms with Gasteiger partial charge in [0.1, 0.15) is 12.1 Å². The summed E-state index contributed by atoms with van der Waals surface area (Å²) in [6, 6.07) is 1.98. The molecule has 0 bridgehead atoms. The van der Waals surface area contributed by atoms with Crippen LogP contribution in [0.5, 0.6) is 0 Å². The van der Waals surface area contributed by atoms with Gasteiger partial charge in [-0.25, -0.2) is 9.97 Å². The predicted molar refractivity (Wildman–Crippen MR) is 65.3 cm³/mol. The molecule has 4 nitrogen and oxygen atoms in total. The smallest absolute Gasteiger partial charge is 0.130 e. The average Bonchev–Trinajstić information content (AvgIpc) is 2.30. The molecule has 0 saturated heterocycles. The first-order valence-corrected chi connectivity index (χ1v) is 6.01. The van der Waals surface area contributed by atoms with Crippen LogP contribution in [-0.2, 0) is 0 Å². The van der Waals surface area contributed by atoms with E-state index in [9.17, 15) is 0 Å². The molecular weight excluding hydrogens is 200 g/mol. The van der Waals surface area contributed by atoms with E-state index < -0.39 is 0 Å². The molecule has 1 saturated carbocycles. The number of nitrogens with two attached hydrogens (primary N) is 1. The maximum Gasteiger partial charge on any atom is 0.130 e. The summed E-state index contributed by atoms with van der Waals surface area (Å²) in [5, 5.41) is 3.51. The number of hydrogen-bond donors (Lipinski definition) is 2. The van der Waals surface area contributed by atoms with Crippen molar-refractivity contribution < 1.29 is 0 Å². The van der Waals surface area contributed by atoms with Gasteiger partial charge in [-0.2, -0.15) is 0 Å². The molecule has 0 spiro atoms. The monoisotopic (exact) mass is 220 g/mol. The van der Waals surface area contributed by atoms with Gasteiger partial charge < -0.3 is 11.1 Å². The number of aryl methyl sites for hydroxylation is 1. The van der Waals surface area contributed by atoms with Crippen LogP contribution in [0.2, 0.25) is 0 Å². The summed E-state index contributed by atoms with van der Waals surface area (Å²) in [5.41, 5.74) is 6.96. The number of hydrogen-bond acceptors (Lipinski definition) is 4. The van der Waals surface area contributed by atoms with Crippen molar-refractivity contribution in [2.24, 2.45) is 5.73 Å². The fourth-order valence-corrected chi connectivity index (χ4v) is 2.40. The van der Waals surface area contributed by atoms with Gasteiger partial charge in [0, 0.05) is 18.3 Å². The number of rotatable bonds is 3. The van der Waals surface area contributed by atoms with Crippen LogP contribution >= 0.6 is 0 Å². The van der Waals surface area contributed by atoms with Gasteiger partial charge in [-0.1, -0.05) is 19.3 Å². The summed E-state index contributed by atoms with van der Waals surface area (Å²) < 4.78 is 0. The van der Waals surface area contributed by atoms with E-state index in [0.29, 0.717) is 6.54 Å². The van der Waals surface area contributed by atoms with E-state index >= 15 is 0 Å². The zero-order valence-electron chi connectivity index (χ0n) is 9.87. The van der Waals surface area contributed by atoms with Gasteiger partial charge in [0.05, 0.1) is 5.54 Å². The summed E-state index contributed by atoms with van der Waals surface area (Å²) in [7, 11) is 0. The van der Waals surface area contributed by atoms with Crippen molar-refractivity contribution in [1.82, 2.24) is 9.97 Å². The Hall–Kier alpha value is -1.16. The van der Waals surface area contributed by atoms with Crippen LogP contribution in [0.3, 0.4) is 0 Å². The molecule has 1 aromatic heterocycles. The molecule has 2 rings (SSSR count). The molecule has 3 N–H and O–H groups in total. The van der Waals surface area contributed by atoms with Crippen molar-refractivity contribution in [2.75, 3.05) is 11.9 Å². The number of anilines is 1. The summed E-state index contributed by atoms with van der Waals surface area (Å²) in [6.45, 7) is 2.65. The minimum Gasteiger partial charge on any atom is -0.363 e. The fourth-order valence-electron chi connectivity index (χ4n) is 2.40. The maximum absolute atomic E-state index is 5.92. The van der Waals surface area contributed by atoms with Gasteiger partial charge in [0.2, 0.25) is 0 Å². The van der Waals surface area contributed by atoms with Crippen LogP contribution in [0, 0.1) is 6.92 Å². The zero-order valence-corrected chi connectivity index (χ0v) is 9.87. The van der Waals surface area contributed by atoms with Crippen molar-refractivity contribution in [1.29, 1.82) is 0 Å². The number of nitrogens with zero attached hydrogens (tertiary/aromatic N) is 2. The molecule has 1 heterocycles. The Bertz CT molecular complexity index is 345. The number of aromatic nitrogens is 2. The molecule has 1 aliphatic carbocycles. The summed E-state index contributed by atoms with van der Waals surface area (Å²) in [4.78, 5) is 8.35. The SMILES string of the molecule is Cc1cc(NC2(CN)CCCCC2)ncn1. The molecule has 0 radical (unpaired) electrons. The third-order valence-corrected chi connectivity index (χ3v) is 3.40. The second-order valence-electron chi connectivity index (χ2n) is 4.71. The van der Waals surface area contributed by atoms with Crippen molar-refractivity contribution >= 4 is 5.82 Å². The predicted octanol–water partition coefficient (Wildman–Crippen LogP) is 1.86. The molecule has 1 fully saturated rings. The van der Waals surface area contributed by atoms with E-state index in [1.807, 2.05) is 13.0 Å². The highest BCUT2D eigenvalue weighted by molar-refractivity contribution is 5.38. The molecule has 0 atom stereocenters. The molecule has 0 aromatic carbocycles. The minimum absolute atomic E-state index is 0.0546. The highest BCUT2D eigenvalue weighted by atomic mass is 15.1. The zero-order chi connectivity index (χ0) is 11.4. The van der Waals surface area contributed by atoms with Crippen molar-refractivity contribution in [2.45, 2.75) is 44.6 Å². The highest BCUT2D eigenvalue weighted by Crippen LogP contribution is 2.30. The van der Waals surface area contributed by atoms with Crippen molar-refractivity contribution in [3.63, 3.8) is 0 Å². The van der Waals surface area contributed by atoms with Crippen molar-refractivity contribution in [3.8, 4) is 0 Å². The van der Waals surface area contributed by atoms with E-state index in [1.54, 1.807) is 6.33 Å². The van der Waals surface area contributed by atoms with Crippen LogP contribution in [-0.4, -0.2) is 22.1 Å². The quantitative estimate of drug-likeness (QED) is 0.816. The standard InChI is InChI=1S/C12H20N4/c1-10-7-11(15-9-14-10)16-12(8-13)5-3-2-4-6-12/h7,9H,2-6,8,13H2,1H3,(H,14,15,16). The Morgan fingerprint density at radius 3 is 2.69 bits per heavy atom. The van der Waals surface area contributed by atoms with Crippen molar-refractivity contribution in [3.05, 3.63) is 18.1 Å². The third-order valence-electron chi connectivity index (χ3n) is 3.40. The van der Waals surface area contributed by atoms with Crippen LogP contribution in [0.1, 0.15) is 37.8 Å². The lowest BCUT2D eigenvalue weighted by Gasteiger charge is -2.37. The molecule has 0 amide bonds. The summed E-state index contributed by atoms with van der Waals surface area (Å²) in [6.07, 6.45) is 7.73. The lowest BCUT2D eigenvalue weighted by molar-refractivity contribution is 0.330. The highest BCUT2D eigenvalue weighted by Gasteiger charge is 2.30. The van der Waals surface area contributed by atoms with Gasteiger partial charge in [0.25, 0.3) is 0 Å². The van der Waals surface area contributed by atoms with E-state index in [-0.39, 0.29) is 5.54 Å². The first-order valence-electron chi connectivity index (χ1n) is 6.01. The van der Waals surface area contributed by atoms with E-state index in [1.165, 1.54) is 19.3 Å². The molecule has 88 valence electrons. The molecule has 1 aromatic rings. The average molecular weight is 220 g/mol. The number of nitrogens with one attached hydrogen (secondary N) is 1. The Labute approximate surface area is 96.7 Å². The third kappa shape index (κ3) is 2.50. The Balaban J connectivity index is 2.11. The van der Waals surface area contributed by atoms with Crippen LogP contribution in [0.4, 0.5) is 5.82 Å².